The lowest BCUT2D eigenvalue weighted by atomic mass is 9.97. The lowest BCUT2D eigenvalue weighted by molar-refractivity contribution is 1.18. The van der Waals surface area contributed by atoms with Crippen molar-refractivity contribution in [1.29, 1.82) is 0 Å². The summed E-state index contributed by atoms with van der Waals surface area (Å²) in [5.74, 6) is 0. The quantitative estimate of drug-likeness (QED) is 0.209. The van der Waals surface area contributed by atoms with Crippen LogP contribution in [0.5, 0.6) is 0 Å². The van der Waals surface area contributed by atoms with E-state index in [1.165, 1.54) is 60.2 Å². The summed E-state index contributed by atoms with van der Waals surface area (Å²) in [5.41, 5.74) is 6.09. The normalized spacial score (nSPS) is 11.7. The van der Waals surface area contributed by atoms with Crippen molar-refractivity contribution in [2.75, 3.05) is 0 Å². The Balaban J connectivity index is 1.39. The Labute approximate surface area is 206 Å². The van der Waals surface area contributed by atoms with Crippen LogP contribution in [0, 0.1) is 0 Å². The molecule has 34 heavy (non-hydrogen) atoms. The van der Waals surface area contributed by atoms with Crippen molar-refractivity contribution in [2.24, 2.45) is 0 Å². The number of hydrogen-bond donors (Lipinski definition) is 0. The zero-order chi connectivity index (χ0) is 22.6. The summed E-state index contributed by atoms with van der Waals surface area (Å²) in [6.07, 6.45) is 0. The van der Waals surface area contributed by atoms with Crippen molar-refractivity contribution < 1.29 is 0 Å². The zero-order valence-corrected chi connectivity index (χ0v) is 20.0. The molecule has 7 rings (SSSR count). The average molecular weight is 498 g/mol. The second-order valence-electron chi connectivity index (χ2n) is 8.76. The van der Waals surface area contributed by atoms with Gasteiger partial charge in [0.25, 0.3) is 0 Å². The first-order valence-corrected chi connectivity index (χ1v) is 12.3. The van der Waals surface area contributed by atoms with Gasteiger partial charge in [-0.15, -0.1) is 0 Å². The molecule has 0 N–H and O–H groups in total. The van der Waals surface area contributed by atoms with E-state index in [9.17, 15) is 0 Å². The predicted octanol–water partition coefficient (Wildman–Crippen LogP) is 9.52. The third-order valence-electron chi connectivity index (χ3n) is 6.85. The molecule has 0 amide bonds. The monoisotopic (exact) mass is 497 g/mol. The lowest BCUT2D eigenvalue weighted by Gasteiger charge is -2.11. The fourth-order valence-electron chi connectivity index (χ4n) is 5.24. The maximum absolute atomic E-state index is 3.77. The van der Waals surface area contributed by atoms with Gasteiger partial charge in [-0.05, 0) is 63.7 Å². The number of nitrogens with zero attached hydrogens (tertiary/aromatic N) is 1. The van der Waals surface area contributed by atoms with Crippen molar-refractivity contribution >= 4 is 59.3 Å². The van der Waals surface area contributed by atoms with E-state index in [-0.39, 0.29) is 0 Å². The first-order chi connectivity index (χ1) is 16.8. The average Bonchev–Trinajstić information content (AvgIpc) is 3.23. The van der Waals surface area contributed by atoms with Crippen LogP contribution in [0.3, 0.4) is 0 Å². The summed E-state index contributed by atoms with van der Waals surface area (Å²) in [4.78, 5) is 0. The van der Waals surface area contributed by atoms with Gasteiger partial charge < -0.3 is 4.57 Å². The van der Waals surface area contributed by atoms with Gasteiger partial charge in [-0.3, -0.25) is 0 Å². The molecule has 1 heterocycles. The van der Waals surface area contributed by atoms with Crippen LogP contribution >= 0.6 is 15.9 Å². The van der Waals surface area contributed by atoms with E-state index in [1.807, 2.05) is 0 Å². The summed E-state index contributed by atoms with van der Waals surface area (Å²) in [6, 6.07) is 43.8. The Kier molecular flexibility index (Phi) is 4.36. The van der Waals surface area contributed by atoms with Crippen LogP contribution in [-0.2, 0) is 0 Å². The van der Waals surface area contributed by atoms with Gasteiger partial charge in [0.05, 0.1) is 11.0 Å². The van der Waals surface area contributed by atoms with E-state index in [1.54, 1.807) is 0 Å². The Morgan fingerprint density at radius 3 is 1.82 bits per heavy atom. The number of para-hydroxylation sites is 2. The molecule has 1 aromatic heterocycles. The summed E-state index contributed by atoms with van der Waals surface area (Å²) >= 11 is 3.77. The largest absolute Gasteiger partial charge is 0.309 e. The molecule has 6 aromatic carbocycles. The van der Waals surface area contributed by atoms with E-state index < -0.39 is 0 Å². The number of benzene rings is 6. The van der Waals surface area contributed by atoms with E-state index in [0.717, 1.165) is 4.47 Å². The number of halogens is 1. The SMILES string of the molecule is Brc1cccc2ccc3ccc(-c4ccc(-n5c6ccccc6c6ccccc65)cc4)cc3c12. The first kappa shape index (κ1) is 19.6. The zero-order valence-electron chi connectivity index (χ0n) is 18.4. The van der Waals surface area contributed by atoms with Crippen molar-refractivity contribution in [3.8, 4) is 16.8 Å². The maximum Gasteiger partial charge on any atom is 0.0541 e. The molecule has 0 saturated heterocycles. The number of hydrogen-bond acceptors (Lipinski definition) is 0. The van der Waals surface area contributed by atoms with Gasteiger partial charge in [0.15, 0.2) is 0 Å². The van der Waals surface area contributed by atoms with Crippen LogP contribution in [0.2, 0.25) is 0 Å². The number of fused-ring (bicyclic) bond motifs is 6. The van der Waals surface area contributed by atoms with Gasteiger partial charge in [-0.25, -0.2) is 0 Å². The molecule has 0 bridgehead atoms. The molecule has 0 saturated carbocycles. The number of aromatic nitrogens is 1. The molecular weight excluding hydrogens is 478 g/mol. The molecule has 0 radical (unpaired) electrons. The maximum atomic E-state index is 3.77. The molecule has 160 valence electrons. The van der Waals surface area contributed by atoms with Crippen LogP contribution in [0.15, 0.2) is 126 Å². The minimum absolute atomic E-state index is 1.13. The van der Waals surface area contributed by atoms with Gasteiger partial charge in [0.2, 0.25) is 0 Å². The fourth-order valence-corrected chi connectivity index (χ4v) is 5.84. The van der Waals surface area contributed by atoms with Crippen LogP contribution < -0.4 is 0 Å². The summed E-state index contributed by atoms with van der Waals surface area (Å²) < 4.78 is 3.49. The van der Waals surface area contributed by atoms with E-state index in [0.29, 0.717) is 0 Å². The molecule has 1 nitrogen and oxygen atoms in total. The molecule has 0 aliphatic rings. The Hall–Kier alpha value is -3.88. The van der Waals surface area contributed by atoms with Gasteiger partial charge >= 0.3 is 0 Å². The highest BCUT2D eigenvalue weighted by Crippen LogP contribution is 2.35. The standard InChI is InChI=1S/C32H20BrN/c33-29-9-5-6-23-14-12-22-13-15-24(20-28(22)32(23)29)21-16-18-25(19-17-21)34-30-10-3-1-7-26(30)27-8-2-4-11-31(27)34/h1-20H. The van der Waals surface area contributed by atoms with Crippen LogP contribution in [0.25, 0.3) is 60.2 Å². The molecule has 0 fully saturated rings. The van der Waals surface area contributed by atoms with E-state index >= 15 is 0 Å². The van der Waals surface area contributed by atoms with Crippen molar-refractivity contribution in [3.63, 3.8) is 0 Å². The second kappa shape index (κ2) is 7.58. The third-order valence-corrected chi connectivity index (χ3v) is 7.51. The summed E-state index contributed by atoms with van der Waals surface area (Å²) in [7, 11) is 0. The van der Waals surface area contributed by atoms with E-state index in [2.05, 4.69) is 142 Å². The third kappa shape index (κ3) is 2.92. The van der Waals surface area contributed by atoms with Crippen LogP contribution in [-0.4, -0.2) is 4.57 Å². The van der Waals surface area contributed by atoms with Gasteiger partial charge in [0, 0.05) is 26.3 Å². The van der Waals surface area contributed by atoms with Gasteiger partial charge in [0.1, 0.15) is 0 Å². The van der Waals surface area contributed by atoms with Gasteiger partial charge in [-0.2, -0.15) is 0 Å². The Bertz CT molecular complexity index is 1810. The second-order valence-corrected chi connectivity index (χ2v) is 9.61. The highest BCUT2D eigenvalue weighted by atomic mass is 79.9. The molecule has 7 aromatic rings. The minimum Gasteiger partial charge on any atom is -0.309 e. The Morgan fingerprint density at radius 1 is 0.471 bits per heavy atom. The molecule has 0 aliphatic carbocycles. The highest BCUT2D eigenvalue weighted by Gasteiger charge is 2.12. The molecule has 0 unspecified atom stereocenters. The molecular formula is C32H20BrN. The lowest BCUT2D eigenvalue weighted by Crippen LogP contribution is -1.93. The predicted molar refractivity (Wildman–Crippen MR) is 149 cm³/mol. The van der Waals surface area contributed by atoms with E-state index in [4.69, 9.17) is 0 Å². The highest BCUT2D eigenvalue weighted by molar-refractivity contribution is 9.10. The Morgan fingerprint density at radius 2 is 1.09 bits per heavy atom. The summed E-state index contributed by atoms with van der Waals surface area (Å²) in [5, 5.41) is 7.62. The van der Waals surface area contributed by atoms with Gasteiger partial charge in [-0.1, -0.05) is 101 Å². The molecule has 0 atom stereocenters. The topological polar surface area (TPSA) is 4.93 Å². The summed E-state index contributed by atoms with van der Waals surface area (Å²) in [6.45, 7) is 0. The van der Waals surface area contributed by atoms with Crippen molar-refractivity contribution in [1.82, 2.24) is 4.57 Å². The minimum atomic E-state index is 1.13. The fraction of sp³-hybridized carbons (Fsp3) is 0. The van der Waals surface area contributed by atoms with Crippen LogP contribution in [0.1, 0.15) is 0 Å². The number of rotatable bonds is 2. The molecule has 0 spiro atoms. The van der Waals surface area contributed by atoms with Crippen molar-refractivity contribution in [3.05, 3.63) is 126 Å². The molecule has 0 aliphatic heterocycles. The first-order valence-electron chi connectivity index (χ1n) is 11.5. The smallest absolute Gasteiger partial charge is 0.0541 e. The van der Waals surface area contributed by atoms with Crippen LogP contribution in [0.4, 0.5) is 0 Å². The van der Waals surface area contributed by atoms with Crippen molar-refractivity contribution in [2.45, 2.75) is 0 Å². The molecule has 2 heteroatoms.